The summed E-state index contributed by atoms with van der Waals surface area (Å²) >= 11 is 0. The largest absolute Gasteiger partial charge is 0.465 e. The number of hydrogen-bond donors (Lipinski definition) is 2. The van der Waals surface area contributed by atoms with Crippen LogP contribution in [-0.4, -0.2) is 49.3 Å². The SMILES string of the molecule is CC(C)NC(C)CC(=O)OCCCOC(=O)CC(C)NC(C)C. The third-order valence-electron chi connectivity index (χ3n) is 3.00. The molecule has 0 saturated carbocycles. The van der Waals surface area contributed by atoms with Crippen LogP contribution < -0.4 is 10.6 Å². The van der Waals surface area contributed by atoms with Crippen LogP contribution in [-0.2, 0) is 19.1 Å². The maximum Gasteiger partial charge on any atom is 0.307 e. The molecule has 0 heterocycles. The maximum absolute atomic E-state index is 11.6. The van der Waals surface area contributed by atoms with Crippen molar-refractivity contribution in [2.24, 2.45) is 0 Å². The smallest absolute Gasteiger partial charge is 0.307 e. The Morgan fingerprint density at radius 3 is 1.39 bits per heavy atom. The lowest BCUT2D eigenvalue weighted by Crippen LogP contribution is -2.34. The van der Waals surface area contributed by atoms with E-state index in [2.05, 4.69) is 10.6 Å². The molecular weight excluding hydrogens is 296 g/mol. The second-order valence-corrected chi connectivity index (χ2v) is 6.65. The van der Waals surface area contributed by atoms with E-state index in [1.165, 1.54) is 0 Å². The molecule has 0 aliphatic heterocycles. The van der Waals surface area contributed by atoms with Gasteiger partial charge in [0, 0.05) is 30.6 Å². The summed E-state index contributed by atoms with van der Waals surface area (Å²) in [5.41, 5.74) is 0. The molecule has 6 heteroatoms. The normalized spacial score (nSPS) is 13.9. The van der Waals surface area contributed by atoms with Gasteiger partial charge in [-0.25, -0.2) is 0 Å². The van der Waals surface area contributed by atoms with E-state index in [1.54, 1.807) is 0 Å². The highest BCUT2D eigenvalue weighted by Crippen LogP contribution is 1.99. The zero-order chi connectivity index (χ0) is 17.8. The van der Waals surface area contributed by atoms with Gasteiger partial charge in [0.2, 0.25) is 0 Å². The molecule has 0 rings (SSSR count). The highest BCUT2D eigenvalue weighted by atomic mass is 16.5. The monoisotopic (exact) mass is 330 g/mol. The van der Waals surface area contributed by atoms with E-state index in [0.29, 0.717) is 31.3 Å². The number of nitrogens with one attached hydrogen (secondary N) is 2. The van der Waals surface area contributed by atoms with Crippen LogP contribution in [0.2, 0.25) is 0 Å². The molecule has 0 aliphatic rings. The van der Waals surface area contributed by atoms with Gasteiger partial charge in [0.05, 0.1) is 26.1 Å². The lowest BCUT2D eigenvalue weighted by Gasteiger charge is -2.16. The Morgan fingerprint density at radius 1 is 0.739 bits per heavy atom. The molecule has 0 amide bonds. The fourth-order valence-corrected chi connectivity index (χ4v) is 2.30. The Morgan fingerprint density at radius 2 is 1.09 bits per heavy atom. The standard InChI is InChI=1S/C17H34N2O4/c1-12(2)18-14(5)10-16(20)22-8-7-9-23-17(21)11-15(6)19-13(3)4/h12-15,18-19H,7-11H2,1-6H3. The van der Waals surface area contributed by atoms with E-state index in [4.69, 9.17) is 9.47 Å². The van der Waals surface area contributed by atoms with E-state index < -0.39 is 0 Å². The van der Waals surface area contributed by atoms with Crippen LogP contribution in [0.25, 0.3) is 0 Å². The van der Waals surface area contributed by atoms with E-state index in [9.17, 15) is 9.59 Å². The van der Waals surface area contributed by atoms with Gasteiger partial charge in [-0.15, -0.1) is 0 Å². The van der Waals surface area contributed by atoms with E-state index >= 15 is 0 Å². The quantitative estimate of drug-likeness (QED) is 0.421. The number of rotatable bonds is 12. The first-order valence-electron chi connectivity index (χ1n) is 8.54. The second-order valence-electron chi connectivity index (χ2n) is 6.65. The van der Waals surface area contributed by atoms with Crippen molar-refractivity contribution >= 4 is 11.9 Å². The molecule has 0 saturated heterocycles. The summed E-state index contributed by atoms with van der Waals surface area (Å²) in [5.74, 6) is -0.460. The Hall–Kier alpha value is -1.14. The molecular formula is C17H34N2O4. The first-order chi connectivity index (χ1) is 10.7. The minimum atomic E-state index is -0.230. The van der Waals surface area contributed by atoms with E-state index in [0.717, 1.165) is 0 Å². The number of carbonyl (C=O) groups is 2. The average molecular weight is 330 g/mol. The Kier molecular flexibility index (Phi) is 11.7. The van der Waals surface area contributed by atoms with Crippen LogP contribution in [0.1, 0.15) is 60.8 Å². The minimum absolute atomic E-state index is 0.0928. The molecule has 6 nitrogen and oxygen atoms in total. The molecule has 0 aromatic rings. The van der Waals surface area contributed by atoms with Crippen molar-refractivity contribution in [3.05, 3.63) is 0 Å². The van der Waals surface area contributed by atoms with Gasteiger partial charge in [-0.3, -0.25) is 9.59 Å². The summed E-state index contributed by atoms with van der Waals surface area (Å²) in [6, 6.07) is 0.861. The average Bonchev–Trinajstić information content (AvgIpc) is 2.35. The van der Waals surface area contributed by atoms with Gasteiger partial charge in [-0.05, 0) is 13.8 Å². The van der Waals surface area contributed by atoms with Crippen molar-refractivity contribution < 1.29 is 19.1 Å². The van der Waals surface area contributed by atoms with Crippen molar-refractivity contribution in [2.75, 3.05) is 13.2 Å². The summed E-state index contributed by atoms with van der Waals surface area (Å²) in [6.45, 7) is 12.6. The van der Waals surface area contributed by atoms with Crippen LogP contribution in [0, 0.1) is 0 Å². The highest BCUT2D eigenvalue weighted by Gasteiger charge is 2.12. The number of esters is 2. The Bertz CT molecular complexity index is 313. The first-order valence-corrected chi connectivity index (χ1v) is 8.54. The summed E-state index contributed by atoms with van der Waals surface area (Å²) < 4.78 is 10.3. The van der Waals surface area contributed by atoms with Crippen molar-refractivity contribution in [1.82, 2.24) is 10.6 Å². The summed E-state index contributed by atoms with van der Waals surface area (Å²) in [6.07, 6.45) is 1.21. The zero-order valence-corrected chi connectivity index (χ0v) is 15.5. The molecule has 0 fully saturated rings. The maximum atomic E-state index is 11.6. The molecule has 0 spiro atoms. The van der Waals surface area contributed by atoms with Gasteiger partial charge >= 0.3 is 11.9 Å². The minimum Gasteiger partial charge on any atom is -0.465 e. The summed E-state index contributed by atoms with van der Waals surface area (Å²) in [4.78, 5) is 23.2. The molecule has 136 valence electrons. The van der Waals surface area contributed by atoms with Gasteiger partial charge in [0.25, 0.3) is 0 Å². The van der Waals surface area contributed by atoms with E-state index in [1.807, 2.05) is 41.5 Å². The summed E-state index contributed by atoms with van der Waals surface area (Å²) in [7, 11) is 0. The first kappa shape index (κ1) is 21.9. The molecule has 0 aromatic carbocycles. The third-order valence-corrected chi connectivity index (χ3v) is 3.00. The Labute approximate surface area is 140 Å². The van der Waals surface area contributed by atoms with Gasteiger partial charge < -0.3 is 20.1 Å². The zero-order valence-electron chi connectivity index (χ0n) is 15.5. The van der Waals surface area contributed by atoms with Crippen molar-refractivity contribution in [3.63, 3.8) is 0 Å². The van der Waals surface area contributed by atoms with Crippen LogP contribution in [0.5, 0.6) is 0 Å². The Balaban J connectivity index is 3.64. The molecule has 0 radical (unpaired) electrons. The highest BCUT2D eigenvalue weighted by molar-refractivity contribution is 5.70. The molecule has 0 aliphatic carbocycles. The lowest BCUT2D eigenvalue weighted by molar-refractivity contribution is -0.146. The molecule has 0 aromatic heterocycles. The van der Waals surface area contributed by atoms with E-state index in [-0.39, 0.29) is 37.2 Å². The van der Waals surface area contributed by atoms with Crippen LogP contribution in [0.4, 0.5) is 0 Å². The number of ether oxygens (including phenoxy) is 2. The lowest BCUT2D eigenvalue weighted by atomic mass is 10.2. The molecule has 0 bridgehead atoms. The van der Waals surface area contributed by atoms with Crippen molar-refractivity contribution in [2.45, 2.75) is 85.0 Å². The van der Waals surface area contributed by atoms with Gasteiger partial charge in [-0.1, -0.05) is 27.7 Å². The molecule has 2 N–H and O–H groups in total. The van der Waals surface area contributed by atoms with Crippen LogP contribution >= 0.6 is 0 Å². The molecule has 2 atom stereocenters. The van der Waals surface area contributed by atoms with Crippen molar-refractivity contribution in [3.8, 4) is 0 Å². The van der Waals surface area contributed by atoms with Gasteiger partial charge in [-0.2, -0.15) is 0 Å². The molecule has 23 heavy (non-hydrogen) atoms. The van der Waals surface area contributed by atoms with Crippen molar-refractivity contribution in [1.29, 1.82) is 0 Å². The van der Waals surface area contributed by atoms with Gasteiger partial charge in [0.15, 0.2) is 0 Å². The second kappa shape index (κ2) is 12.3. The molecule has 2 unspecified atom stereocenters. The van der Waals surface area contributed by atoms with Crippen LogP contribution in [0.3, 0.4) is 0 Å². The van der Waals surface area contributed by atoms with Gasteiger partial charge in [0.1, 0.15) is 0 Å². The predicted octanol–water partition coefficient (Wildman–Crippen LogP) is 2.02. The fraction of sp³-hybridized carbons (Fsp3) is 0.882. The fourth-order valence-electron chi connectivity index (χ4n) is 2.30. The number of hydrogen-bond acceptors (Lipinski definition) is 6. The third kappa shape index (κ3) is 14.2. The predicted molar refractivity (Wildman–Crippen MR) is 91.2 cm³/mol. The van der Waals surface area contributed by atoms with Crippen LogP contribution in [0.15, 0.2) is 0 Å². The topological polar surface area (TPSA) is 76.7 Å². The summed E-state index contributed by atoms with van der Waals surface area (Å²) in [5, 5.41) is 6.49. The number of carbonyl (C=O) groups excluding carboxylic acids is 2.